The van der Waals surface area contributed by atoms with Crippen LogP contribution in [-0.4, -0.2) is 49.7 Å². The van der Waals surface area contributed by atoms with Crippen LogP contribution in [0.4, 0.5) is 10.5 Å². The lowest BCUT2D eigenvalue weighted by atomic mass is 9.96. The van der Waals surface area contributed by atoms with Crippen molar-refractivity contribution in [2.24, 2.45) is 0 Å². The zero-order chi connectivity index (χ0) is 20.8. The number of rotatable bonds is 4. The highest BCUT2D eigenvalue weighted by atomic mass is 35.5. The number of carbonyl (C=O) groups excluding carboxylic acids is 3. The summed E-state index contributed by atoms with van der Waals surface area (Å²) < 4.78 is 12.0. The summed E-state index contributed by atoms with van der Waals surface area (Å²) >= 11 is 7.06. The molecule has 2 aromatic rings. The zero-order valence-electron chi connectivity index (χ0n) is 15.7. The molecular weight excluding hydrogens is 430 g/mol. The Morgan fingerprint density at radius 2 is 2.17 bits per heavy atom. The Morgan fingerprint density at radius 3 is 2.90 bits per heavy atom. The highest BCUT2D eigenvalue weighted by Gasteiger charge is 2.46. The Bertz CT molecular complexity index is 1040. The molecule has 4 heterocycles. The maximum atomic E-state index is 12.5. The normalized spacial score (nSPS) is 24.6. The Hall–Kier alpha value is -2.78. The van der Waals surface area contributed by atoms with E-state index in [1.165, 1.54) is 11.3 Å². The van der Waals surface area contributed by atoms with E-state index in [1.807, 2.05) is 12.1 Å². The number of hydrogen-bond donors (Lipinski definition) is 2. The number of benzene rings is 1. The van der Waals surface area contributed by atoms with E-state index < -0.39 is 12.2 Å². The maximum Gasteiger partial charge on any atom is 0.415 e. The number of amides is 3. The van der Waals surface area contributed by atoms with Gasteiger partial charge in [-0.15, -0.1) is 11.3 Å². The molecule has 156 valence electrons. The summed E-state index contributed by atoms with van der Waals surface area (Å²) in [6.45, 7) is 1.07. The van der Waals surface area contributed by atoms with Gasteiger partial charge in [-0.1, -0.05) is 17.7 Å². The number of carbonyl (C=O) groups is 3. The molecule has 8 nitrogen and oxygen atoms in total. The van der Waals surface area contributed by atoms with E-state index in [-0.39, 0.29) is 36.9 Å². The number of fused-ring (bicyclic) bond motifs is 3. The average molecular weight is 448 g/mol. The third kappa shape index (κ3) is 3.27. The van der Waals surface area contributed by atoms with Crippen molar-refractivity contribution in [1.29, 1.82) is 0 Å². The van der Waals surface area contributed by atoms with Crippen LogP contribution < -0.4 is 20.3 Å². The lowest BCUT2D eigenvalue weighted by Gasteiger charge is -2.31. The molecule has 0 bridgehead atoms. The van der Waals surface area contributed by atoms with Crippen molar-refractivity contribution in [1.82, 2.24) is 10.6 Å². The van der Waals surface area contributed by atoms with Crippen molar-refractivity contribution in [3.8, 4) is 5.75 Å². The van der Waals surface area contributed by atoms with Crippen LogP contribution in [0.5, 0.6) is 5.75 Å². The van der Waals surface area contributed by atoms with Crippen molar-refractivity contribution in [3.63, 3.8) is 0 Å². The summed E-state index contributed by atoms with van der Waals surface area (Å²) in [5.41, 5.74) is 1.48. The standard InChI is InChI=1S/C20H18ClN3O5S/c21-17-4-3-16(30-17)19(26)23-8-15-13-9-28-14-7-10(11-5-6-22-18(11)25)1-2-12(14)24(13)20(27)29-15/h1-4,7,11,13,15H,5-6,8-9H2,(H,22,25)(H,23,26)/t11?,13-,15-/m0/s1. The summed E-state index contributed by atoms with van der Waals surface area (Å²) in [4.78, 5) is 38.9. The molecule has 1 aromatic carbocycles. The molecule has 3 amide bonds. The van der Waals surface area contributed by atoms with E-state index in [2.05, 4.69) is 10.6 Å². The van der Waals surface area contributed by atoms with Crippen molar-refractivity contribution in [3.05, 3.63) is 45.1 Å². The quantitative estimate of drug-likeness (QED) is 0.750. The van der Waals surface area contributed by atoms with Crippen LogP contribution in [0.25, 0.3) is 0 Å². The molecule has 0 aliphatic carbocycles. The number of anilines is 1. The van der Waals surface area contributed by atoms with Crippen LogP contribution in [0.3, 0.4) is 0 Å². The molecule has 2 N–H and O–H groups in total. The number of hydrogen-bond acceptors (Lipinski definition) is 6. The number of nitrogens with zero attached hydrogens (tertiary/aromatic N) is 1. The molecule has 1 unspecified atom stereocenters. The third-order valence-electron chi connectivity index (χ3n) is 5.57. The van der Waals surface area contributed by atoms with Gasteiger partial charge in [-0.05, 0) is 36.2 Å². The first-order valence-corrected chi connectivity index (χ1v) is 10.8. The van der Waals surface area contributed by atoms with Gasteiger partial charge in [0.05, 0.1) is 27.4 Å². The largest absolute Gasteiger partial charge is 0.489 e. The number of thiophene rings is 1. The molecule has 2 fully saturated rings. The second-order valence-corrected chi connectivity index (χ2v) is 9.06. The van der Waals surface area contributed by atoms with Crippen LogP contribution >= 0.6 is 22.9 Å². The van der Waals surface area contributed by atoms with Crippen LogP contribution in [0.1, 0.15) is 27.6 Å². The van der Waals surface area contributed by atoms with E-state index in [1.54, 1.807) is 23.1 Å². The van der Waals surface area contributed by atoms with Gasteiger partial charge < -0.3 is 20.1 Å². The van der Waals surface area contributed by atoms with E-state index in [0.29, 0.717) is 27.2 Å². The minimum atomic E-state index is -0.537. The highest BCUT2D eigenvalue weighted by molar-refractivity contribution is 7.18. The maximum absolute atomic E-state index is 12.5. The highest BCUT2D eigenvalue weighted by Crippen LogP contribution is 2.41. The molecule has 30 heavy (non-hydrogen) atoms. The number of ether oxygens (including phenoxy) is 2. The number of halogens is 1. The van der Waals surface area contributed by atoms with Gasteiger partial charge in [0.25, 0.3) is 5.91 Å². The lowest BCUT2D eigenvalue weighted by Crippen LogP contribution is -2.47. The molecule has 0 radical (unpaired) electrons. The molecule has 5 rings (SSSR count). The van der Waals surface area contributed by atoms with Crippen LogP contribution in [-0.2, 0) is 9.53 Å². The monoisotopic (exact) mass is 447 g/mol. The Balaban J connectivity index is 1.31. The zero-order valence-corrected chi connectivity index (χ0v) is 17.3. The van der Waals surface area contributed by atoms with Gasteiger partial charge >= 0.3 is 6.09 Å². The minimum absolute atomic E-state index is 0.00653. The lowest BCUT2D eigenvalue weighted by molar-refractivity contribution is -0.120. The van der Waals surface area contributed by atoms with Crippen LogP contribution in [0, 0.1) is 0 Å². The van der Waals surface area contributed by atoms with Gasteiger partial charge in [0, 0.05) is 6.54 Å². The summed E-state index contributed by atoms with van der Waals surface area (Å²) in [5.74, 6) is 0.0965. The van der Waals surface area contributed by atoms with Crippen LogP contribution in [0.15, 0.2) is 30.3 Å². The van der Waals surface area contributed by atoms with E-state index in [0.717, 1.165) is 12.0 Å². The van der Waals surface area contributed by atoms with Crippen molar-refractivity contribution >= 4 is 46.5 Å². The van der Waals surface area contributed by atoms with Gasteiger partial charge in [0.15, 0.2) is 0 Å². The second kappa shape index (κ2) is 7.48. The van der Waals surface area contributed by atoms with Crippen molar-refractivity contribution in [2.45, 2.75) is 24.5 Å². The molecule has 3 aliphatic rings. The first-order chi connectivity index (χ1) is 14.5. The fourth-order valence-electron chi connectivity index (χ4n) is 4.07. The van der Waals surface area contributed by atoms with Crippen molar-refractivity contribution < 1.29 is 23.9 Å². The minimum Gasteiger partial charge on any atom is -0.489 e. The molecule has 1 aromatic heterocycles. The third-order valence-corrected chi connectivity index (χ3v) is 6.80. The van der Waals surface area contributed by atoms with Crippen LogP contribution in [0.2, 0.25) is 4.34 Å². The SMILES string of the molecule is O=C(NC[C@@H]1OC(=O)N2c3ccc(C4CCNC4=O)cc3OC[C@@H]12)c1ccc(Cl)s1. The summed E-state index contributed by atoms with van der Waals surface area (Å²) in [5, 5.41) is 5.62. The van der Waals surface area contributed by atoms with Gasteiger partial charge in [-0.2, -0.15) is 0 Å². The van der Waals surface area contributed by atoms with Gasteiger partial charge in [0.2, 0.25) is 5.91 Å². The number of cyclic esters (lactones) is 1. The molecule has 2 saturated heterocycles. The predicted octanol–water partition coefficient (Wildman–Crippen LogP) is 2.52. The number of nitrogens with one attached hydrogen (secondary N) is 2. The van der Waals surface area contributed by atoms with Gasteiger partial charge in [-0.25, -0.2) is 4.79 Å². The Kier molecular flexibility index (Phi) is 4.79. The van der Waals surface area contributed by atoms with E-state index in [4.69, 9.17) is 21.1 Å². The van der Waals surface area contributed by atoms with Gasteiger partial charge in [-0.3, -0.25) is 14.5 Å². The van der Waals surface area contributed by atoms with Gasteiger partial charge in [0.1, 0.15) is 24.5 Å². The summed E-state index contributed by atoms with van der Waals surface area (Å²) in [6.07, 6.45) is -0.275. The Morgan fingerprint density at radius 1 is 1.30 bits per heavy atom. The smallest absolute Gasteiger partial charge is 0.415 e. The fourth-order valence-corrected chi connectivity index (χ4v) is 5.03. The van der Waals surface area contributed by atoms with E-state index in [9.17, 15) is 14.4 Å². The molecule has 3 aliphatic heterocycles. The van der Waals surface area contributed by atoms with Crippen molar-refractivity contribution in [2.75, 3.05) is 24.6 Å². The van der Waals surface area contributed by atoms with E-state index >= 15 is 0 Å². The first-order valence-electron chi connectivity index (χ1n) is 9.59. The summed E-state index contributed by atoms with van der Waals surface area (Å²) in [6, 6.07) is 8.43. The first kappa shape index (κ1) is 19.2. The summed E-state index contributed by atoms with van der Waals surface area (Å²) in [7, 11) is 0. The second-order valence-electron chi connectivity index (χ2n) is 7.34. The average Bonchev–Trinajstić information content (AvgIpc) is 3.45. The molecule has 0 saturated carbocycles. The predicted molar refractivity (Wildman–Crippen MR) is 111 cm³/mol. The molecular formula is C20H18ClN3O5S. The Labute approximate surface area is 181 Å². The molecule has 0 spiro atoms. The topological polar surface area (TPSA) is 97.0 Å². The molecule has 10 heteroatoms. The fraction of sp³-hybridized carbons (Fsp3) is 0.350. The molecule has 3 atom stereocenters.